The normalized spacial score (nSPS) is 17.6. The summed E-state index contributed by atoms with van der Waals surface area (Å²) in [6.45, 7) is 6.47. The van der Waals surface area contributed by atoms with Crippen LogP contribution in [-0.4, -0.2) is 47.7 Å². The molecule has 7 nitrogen and oxygen atoms in total. The van der Waals surface area contributed by atoms with Gasteiger partial charge in [-0.15, -0.1) is 0 Å². The van der Waals surface area contributed by atoms with Crippen LogP contribution in [0.4, 0.5) is 9.93 Å². The van der Waals surface area contributed by atoms with Crippen molar-refractivity contribution in [3.8, 4) is 5.75 Å². The molecule has 2 aromatic rings. The predicted molar refractivity (Wildman–Crippen MR) is 105 cm³/mol. The lowest BCUT2D eigenvalue weighted by Gasteiger charge is -2.33. The van der Waals surface area contributed by atoms with Gasteiger partial charge in [0.1, 0.15) is 11.4 Å². The van der Waals surface area contributed by atoms with Gasteiger partial charge in [0.2, 0.25) is 5.91 Å². The van der Waals surface area contributed by atoms with Gasteiger partial charge in [0.05, 0.1) is 23.2 Å². The fourth-order valence-electron chi connectivity index (χ4n) is 2.98. The van der Waals surface area contributed by atoms with Gasteiger partial charge in [-0.25, -0.2) is 9.78 Å². The highest BCUT2D eigenvalue weighted by Crippen LogP contribution is 2.30. The largest absolute Gasteiger partial charge is 0.497 e. The minimum absolute atomic E-state index is 0.116. The average molecular weight is 391 g/mol. The highest BCUT2D eigenvalue weighted by atomic mass is 32.1. The number of likely N-dealkylation sites (tertiary alicyclic amines) is 1. The maximum absolute atomic E-state index is 12.7. The van der Waals surface area contributed by atoms with Crippen LogP contribution >= 0.6 is 11.3 Å². The van der Waals surface area contributed by atoms with E-state index in [0.29, 0.717) is 18.2 Å². The van der Waals surface area contributed by atoms with Crippen molar-refractivity contribution in [3.05, 3.63) is 18.2 Å². The van der Waals surface area contributed by atoms with Crippen LogP contribution in [0.1, 0.15) is 33.6 Å². The summed E-state index contributed by atoms with van der Waals surface area (Å²) in [5.41, 5.74) is 0.268. The summed E-state index contributed by atoms with van der Waals surface area (Å²) < 4.78 is 11.6. The topological polar surface area (TPSA) is 80.8 Å². The van der Waals surface area contributed by atoms with Gasteiger partial charge in [-0.05, 0) is 51.8 Å². The first-order valence-electron chi connectivity index (χ1n) is 8.98. The number of nitrogens with one attached hydrogen (secondary N) is 1. The van der Waals surface area contributed by atoms with Crippen LogP contribution in [0.15, 0.2) is 18.2 Å². The van der Waals surface area contributed by atoms with Crippen LogP contribution in [0.5, 0.6) is 5.75 Å². The third-order valence-electron chi connectivity index (χ3n) is 4.27. The number of nitrogens with zero attached hydrogens (tertiary/aromatic N) is 2. The molecule has 1 saturated heterocycles. The first kappa shape index (κ1) is 19.4. The molecule has 146 valence electrons. The smallest absolute Gasteiger partial charge is 0.410 e. The number of aromatic nitrogens is 1. The molecule has 1 aliphatic rings. The zero-order valence-corrected chi connectivity index (χ0v) is 16.9. The molecule has 0 saturated carbocycles. The van der Waals surface area contributed by atoms with E-state index in [0.717, 1.165) is 28.8 Å². The van der Waals surface area contributed by atoms with Crippen LogP contribution in [0.25, 0.3) is 10.2 Å². The highest BCUT2D eigenvalue weighted by Gasteiger charge is 2.31. The summed E-state index contributed by atoms with van der Waals surface area (Å²) in [6.07, 6.45) is 1.14. The summed E-state index contributed by atoms with van der Waals surface area (Å²) in [5, 5.41) is 3.45. The minimum atomic E-state index is -0.547. The Kier molecular flexibility index (Phi) is 5.55. The third kappa shape index (κ3) is 4.88. The molecule has 1 N–H and O–H groups in total. The third-order valence-corrected chi connectivity index (χ3v) is 5.20. The molecule has 1 aromatic carbocycles. The van der Waals surface area contributed by atoms with Crippen molar-refractivity contribution < 1.29 is 19.1 Å². The van der Waals surface area contributed by atoms with Gasteiger partial charge in [0.25, 0.3) is 0 Å². The Morgan fingerprint density at radius 3 is 2.81 bits per heavy atom. The SMILES string of the molecule is COc1ccc2nc(NC(=O)C3CCCN(C(=O)OC(C)(C)C)C3)sc2c1. The number of methoxy groups -OCH3 is 1. The van der Waals surface area contributed by atoms with Crippen molar-refractivity contribution in [1.82, 2.24) is 9.88 Å². The highest BCUT2D eigenvalue weighted by molar-refractivity contribution is 7.22. The lowest BCUT2D eigenvalue weighted by atomic mass is 9.97. The van der Waals surface area contributed by atoms with Gasteiger partial charge in [-0.1, -0.05) is 11.3 Å². The second-order valence-corrected chi connectivity index (χ2v) is 8.64. The van der Waals surface area contributed by atoms with Gasteiger partial charge in [0.15, 0.2) is 5.13 Å². The molecule has 0 spiro atoms. The molecule has 3 rings (SSSR count). The van der Waals surface area contributed by atoms with E-state index in [1.807, 2.05) is 39.0 Å². The molecule has 2 heterocycles. The van der Waals surface area contributed by atoms with Gasteiger partial charge < -0.3 is 19.7 Å². The van der Waals surface area contributed by atoms with Gasteiger partial charge in [-0.2, -0.15) is 0 Å². The number of thiazole rings is 1. The van der Waals surface area contributed by atoms with E-state index < -0.39 is 5.60 Å². The van der Waals surface area contributed by atoms with Crippen molar-refractivity contribution >= 4 is 38.7 Å². The molecule has 27 heavy (non-hydrogen) atoms. The van der Waals surface area contributed by atoms with Crippen LogP contribution in [0.2, 0.25) is 0 Å². The number of amides is 2. The molecule has 1 fully saturated rings. The molecule has 1 unspecified atom stereocenters. The van der Waals surface area contributed by atoms with E-state index in [-0.39, 0.29) is 17.9 Å². The van der Waals surface area contributed by atoms with E-state index in [4.69, 9.17) is 9.47 Å². The lowest BCUT2D eigenvalue weighted by molar-refractivity contribution is -0.121. The molecule has 8 heteroatoms. The molecule has 0 radical (unpaired) electrons. The molecule has 1 atom stereocenters. The zero-order valence-electron chi connectivity index (χ0n) is 16.1. The average Bonchev–Trinajstić information content (AvgIpc) is 3.01. The number of piperidine rings is 1. The first-order chi connectivity index (χ1) is 12.7. The summed E-state index contributed by atoms with van der Waals surface area (Å²) in [5.74, 6) is 0.367. The van der Waals surface area contributed by atoms with E-state index in [1.54, 1.807) is 12.0 Å². The number of fused-ring (bicyclic) bond motifs is 1. The second-order valence-electron chi connectivity index (χ2n) is 7.61. The number of hydrogen-bond acceptors (Lipinski definition) is 6. The predicted octanol–water partition coefficient (Wildman–Crippen LogP) is 3.89. The van der Waals surface area contributed by atoms with Crippen molar-refractivity contribution in [1.29, 1.82) is 0 Å². The van der Waals surface area contributed by atoms with Crippen molar-refractivity contribution in [2.75, 3.05) is 25.5 Å². The van der Waals surface area contributed by atoms with Crippen LogP contribution in [0, 0.1) is 5.92 Å². The number of anilines is 1. The minimum Gasteiger partial charge on any atom is -0.497 e. The molecule has 1 aliphatic heterocycles. The summed E-state index contributed by atoms with van der Waals surface area (Å²) in [4.78, 5) is 31.0. The van der Waals surface area contributed by atoms with Crippen molar-refractivity contribution in [2.24, 2.45) is 5.92 Å². The van der Waals surface area contributed by atoms with Crippen molar-refractivity contribution in [3.63, 3.8) is 0 Å². The number of carbonyl (C=O) groups is 2. The Morgan fingerprint density at radius 1 is 1.33 bits per heavy atom. The molecule has 0 bridgehead atoms. The quantitative estimate of drug-likeness (QED) is 0.858. The Bertz CT molecular complexity index is 843. The van der Waals surface area contributed by atoms with E-state index in [1.165, 1.54) is 11.3 Å². The number of ether oxygens (including phenoxy) is 2. The van der Waals surface area contributed by atoms with Crippen LogP contribution in [-0.2, 0) is 9.53 Å². The standard InChI is InChI=1S/C19H25N3O4S/c1-19(2,3)26-18(24)22-9-5-6-12(11-22)16(23)21-17-20-14-8-7-13(25-4)10-15(14)27-17/h7-8,10,12H,5-6,9,11H2,1-4H3,(H,20,21,23). The Morgan fingerprint density at radius 2 is 2.11 bits per heavy atom. The number of benzene rings is 1. The first-order valence-corrected chi connectivity index (χ1v) is 9.80. The number of hydrogen-bond donors (Lipinski definition) is 1. The Labute approximate surface area is 162 Å². The molecule has 1 aromatic heterocycles. The van der Waals surface area contributed by atoms with Crippen LogP contribution in [0.3, 0.4) is 0 Å². The van der Waals surface area contributed by atoms with E-state index in [9.17, 15) is 9.59 Å². The van der Waals surface area contributed by atoms with E-state index in [2.05, 4.69) is 10.3 Å². The van der Waals surface area contributed by atoms with E-state index >= 15 is 0 Å². The monoisotopic (exact) mass is 391 g/mol. The summed E-state index contributed by atoms with van der Waals surface area (Å²) >= 11 is 1.41. The molecule has 0 aliphatic carbocycles. The van der Waals surface area contributed by atoms with Gasteiger partial charge >= 0.3 is 6.09 Å². The van der Waals surface area contributed by atoms with Gasteiger partial charge in [-0.3, -0.25) is 4.79 Å². The van der Waals surface area contributed by atoms with Crippen molar-refractivity contribution in [2.45, 2.75) is 39.2 Å². The van der Waals surface area contributed by atoms with Gasteiger partial charge in [0, 0.05) is 13.1 Å². The fourth-order valence-corrected chi connectivity index (χ4v) is 3.87. The Hall–Kier alpha value is -2.35. The number of rotatable bonds is 3. The maximum atomic E-state index is 12.7. The Balaban J connectivity index is 1.64. The number of carbonyl (C=O) groups excluding carboxylic acids is 2. The second kappa shape index (κ2) is 7.72. The van der Waals surface area contributed by atoms with Crippen LogP contribution < -0.4 is 10.1 Å². The lowest BCUT2D eigenvalue weighted by Crippen LogP contribution is -2.45. The zero-order chi connectivity index (χ0) is 19.6. The fraction of sp³-hybridized carbons (Fsp3) is 0.526. The maximum Gasteiger partial charge on any atom is 0.410 e. The summed E-state index contributed by atoms with van der Waals surface area (Å²) in [6, 6.07) is 5.60. The molecule has 2 amide bonds. The molecular weight excluding hydrogens is 366 g/mol. The molecular formula is C19H25N3O4S. The summed E-state index contributed by atoms with van der Waals surface area (Å²) in [7, 11) is 1.62.